The van der Waals surface area contributed by atoms with Gasteiger partial charge in [-0.1, -0.05) is 31.4 Å². The van der Waals surface area contributed by atoms with E-state index in [2.05, 4.69) is 17.4 Å². The minimum absolute atomic E-state index is 0.177. The highest BCUT2D eigenvalue weighted by molar-refractivity contribution is 5.94. The molecule has 1 aliphatic carbocycles. The van der Waals surface area contributed by atoms with Crippen LogP contribution >= 0.6 is 0 Å². The largest absolute Gasteiger partial charge is 0.337 e. The number of hydrogen-bond donors (Lipinski definition) is 1. The molecule has 1 fully saturated rings. The minimum atomic E-state index is -0.453. The van der Waals surface area contributed by atoms with Crippen molar-refractivity contribution < 1.29 is 4.79 Å². The summed E-state index contributed by atoms with van der Waals surface area (Å²) in [5, 5.41) is 11.3. The van der Waals surface area contributed by atoms with Gasteiger partial charge in [0.15, 0.2) is 0 Å². The third-order valence-corrected chi connectivity index (χ3v) is 3.79. The molecule has 0 radical (unpaired) electrons. The third kappa shape index (κ3) is 3.57. The van der Waals surface area contributed by atoms with Crippen molar-refractivity contribution in [2.75, 3.05) is 0 Å². The lowest BCUT2D eigenvalue weighted by atomic mass is 9.84. The van der Waals surface area contributed by atoms with Gasteiger partial charge in [0.1, 0.15) is 6.04 Å². The molecule has 3 nitrogen and oxygen atoms in total. The van der Waals surface area contributed by atoms with Gasteiger partial charge < -0.3 is 5.32 Å². The Bertz CT molecular complexity index is 467. The number of nitrogens with zero attached hydrogens (tertiary/aromatic N) is 1. The molecule has 0 spiro atoms. The van der Waals surface area contributed by atoms with E-state index in [4.69, 9.17) is 5.26 Å². The maximum Gasteiger partial charge on any atom is 0.252 e. The fraction of sp³-hybridized carbons (Fsp3) is 0.500. The highest BCUT2D eigenvalue weighted by Gasteiger charge is 2.16. The van der Waals surface area contributed by atoms with Gasteiger partial charge in [0.25, 0.3) is 5.91 Å². The molecule has 1 amide bonds. The second-order valence-electron chi connectivity index (χ2n) is 5.28. The van der Waals surface area contributed by atoms with Gasteiger partial charge in [-0.25, -0.2) is 0 Å². The molecule has 3 heteroatoms. The summed E-state index contributed by atoms with van der Waals surface area (Å²) >= 11 is 0. The molecule has 0 aromatic heterocycles. The van der Waals surface area contributed by atoms with Gasteiger partial charge >= 0.3 is 0 Å². The SMILES string of the molecule is C[C@@H](C#N)NC(=O)c1ccc(C2CCCCC2)cc1. The van der Waals surface area contributed by atoms with Gasteiger partial charge in [-0.15, -0.1) is 0 Å². The Morgan fingerprint density at radius 2 is 1.89 bits per heavy atom. The van der Waals surface area contributed by atoms with E-state index in [1.807, 2.05) is 18.2 Å². The van der Waals surface area contributed by atoms with E-state index < -0.39 is 6.04 Å². The van der Waals surface area contributed by atoms with E-state index in [0.717, 1.165) is 0 Å². The molecular formula is C16H20N2O. The van der Waals surface area contributed by atoms with E-state index in [-0.39, 0.29) is 5.91 Å². The number of nitrogens with one attached hydrogen (secondary N) is 1. The Kier molecular flexibility index (Phi) is 4.57. The highest BCUT2D eigenvalue weighted by atomic mass is 16.1. The maximum absolute atomic E-state index is 11.8. The van der Waals surface area contributed by atoms with E-state index in [0.29, 0.717) is 11.5 Å². The van der Waals surface area contributed by atoms with Crippen LogP contribution in [0.4, 0.5) is 0 Å². The first kappa shape index (κ1) is 13.6. The van der Waals surface area contributed by atoms with E-state index >= 15 is 0 Å². The lowest BCUT2D eigenvalue weighted by Crippen LogP contribution is -2.31. The normalized spacial score (nSPS) is 17.5. The van der Waals surface area contributed by atoms with E-state index in [1.165, 1.54) is 37.7 Å². The number of carbonyl (C=O) groups excluding carboxylic acids is 1. The summed E-state index contributed by atoms with van der Waals surface area (Å²) in [6.45, 7) is 1.67. The lowest BCUT2D eigenvalue weighted by molar-refractivity contribution is 0.0948. The van der Waals surface area contributed by atoms with Crippen LogP contribution in [0, 0.1) is 11.3 Å². The highest BCUT2D eigenvalue weighted by Crippen LogP contribution is 2.32. The molecule has 0 aliphatic heterocycles. The molecule has 1 aliphatic rings. The Morgan fingerprint density at radius 1 is 1.26 bits per heavy atom. The number of benzene rings is 1. The Morgan fingerprint density at radius 3 is 2.47 bits per heavy atom. The van der Waals surface area contributed by atoms with Gasteiger partial charge in [-0.05, 0) is 43.4 Å². The van der Waals surface area contributed by atoms with Gasteiger partial charge in [-0.2, -0.15) is 5.26 Å². The van der Waals surface area contributed by atoms with Crippen molar-refractivity contribution in [2.24, 2.45) is 0 Å². The zero-order valence-corrected chi connectivity index (χ0v) is 11.4. The molecule has 0 heterocycles. The summed E-state index contributed by atoms with van der Waals surface area (Å²) in [7, 11) is 0. The van der Waals surface area contributed by atoms with Crippen LogP contribution in [0.15, 0.2) is 24.3 Å². The quantitative estimate of drug-likeness (QED) is 0.901. The lowest BCUT2D eigenvalue weighted by Gasteiger charge is -2.22. The molecule has 1 aromatic carbocycles. The van der Waals surface area contributed by atoms with Crippen molar-refractivity contribution in [1.29, 1.82) is 5.26 Å². The summed E-state index contributed by atoms with van der Waals surface area (Å²) in [6, 6.07) is 9.39. The molecule has 19 heavy (non-hydrogen) atoms. The van der Waals surface area contributed by atoms with Crippen LogP contribution in [-0.2, 0) is 0 Å². The second-order valence-corrected chi connectivity index (χ2v) is 5.28. The summed E-state index contributed by atoms with van der Waals surface area (Å²) < 4.78 is 0. The van der Waals surface area contributed by atoms with Crippen LogP contribution < -0.4 is 5.32 Å². The van der Waals surface area contributed by atoms with Gasteiger partial charge in [0.05, 0.1) is 6.07 Å². The standard InChI is InChI=1S/C16H20N2O/c1-12(11-17)18-16(19)15-9-7-14(8-10-15)13-5-3-2-4-6-13/h7-10,12-13H,2-6H2,1H3,(H,18,19)/t12-/m0/s1. The van der Waals surface area contributed by atoms with Crippen molar-refractivity contribution in [3.63, 3.8) is 0 Å². The van der Waals surface area contributed by atoms with Crippen LogP contribution in [-0.4, -0.2) is 11.9 Å². The van der Waals surface area contributed by atoms with Crippen molar-refractivity contribution in [3.8, 4) is 6.07 Å². The number of nitriles is 1. The Balaban J connectivity index is 2.01. The molecule has 1 aromatic rings. The fourth-order valence-electron chi connectivity index (χ4n) is 2.65. The van der Waals surface area contributed by atoms with Crippen molar-refractivity contribution >= 4 is 5.91 Å². The zero-order valence-electron chi connectivity index (χ0n) is 11.4. The third-order valence-electron chi connectivity index (χ3n) is 3.79. The van der Waals surface area contributed by atoms with Gasteiger partial charge in [0.2, 0.25) is 0 Å². The Labute approximate surface area is 114 Å². The predicted molar refractivity (Wildman–Crippen MR) is 74.8 cm³/mol. The first-order valence-electron chi connectivity index (χ1n) is 7.01. The summed E-state index contributed by atoms with van der Waals surface area (Å²) in [5.74, 6) is 0.480. The first-order chi connectivity index (χ1) is 9.20. The molecule has 2 rings (SSSR count). The predicted octanol–water partition coefficient (Wildman–Crippen LogP) is 3.38. The van der Waals surface area contributed by atoms with Crippen LogP contribution in [0.3, 0.4) is 0 Å². The number of rotatable bonds is 3. The molecule has 1 N–H and O–H groups in total. The maximum atomic E-state index is 11.8. The van der Waals surface area contributed by atoms with E-state index in [1.54, 1.807) is 6.92 Å². The van der Waals surface area contributed by atoms with Crippen LogP contribution in [0.5, 0.6) is 0 Å². The average Bonchev–Trinajstić information content (AvgIpc) is 2.48. The summed E-state index contributed by atoms with van der Waals surface area (Å²) in [6.07, 6.45) is 6.50. The topological polar surface area (TPSA) is 52.9 Å². The molecule has 0 saturated heterocycles. The number of hydrogen-bond acceptors (Lipinski definition) is 2. The van der Waals surface area contributed by atoms with Crippen molar-refractivity contribution in [1.82, 2.24) is 5.32 Å². The monoisotopic (exact) mass is 256 g/mol. The van der Waals surface area contributed by atoms with Crippen LogP contribution in [0.25, 0.3) is 0 Å². The van der Waals surface area contributed by atoms with Crippen molar-refractivity contribution in [3.05, 3.63) is 35.4 Å². The smallest absolute Gasteiger partial charge is 0.252 e. The molecule has 1 atom stereocenters. The average molecular weight is 256 g/mol. The van der Waals surface area contributed by atoms with Crippen LogP contribution in [0.2, 0.25) is 0 Å². The molecule has 0 bridgehead atoms. The summed E-state index contributed by atoms with van der Waals surface area (Å²) in [4.78, 5) is 11.8. The van der Waals surface area contributed by atoms with Crippen molar-refractivity contribution in [2.45, 2.75) is 51.0 Å². The minimum Gasteiger partial charge on any atom is -0.337 e. The molecule has 1 saturated carbocycles. The first-order valence-corrected chi connectivity index (χ1v) is 7.01. The fourth-order valence-corrected chi connectivity index (χ4v) is 2.65. The molecule has 0 unspecified atom stereocenters. The van der Waals surface area contributed by atoms with Gasteiger partial charge in [-0.3, -0.25) is 4.79 Å². The van der Waals surface area contributed by atoms with Crippen LogP contribution in [0.1, 0.15) is 60.9 Å². The molecule has 100 valence electrons. The van der Waals surface area contributed by atoms with E-state index in [9.17, 15) is 4.79 Å². The van der Waals surface area contributed by atoms with Gasteiger partial charge in [0, 0.05) is 5.56 Å². The number of carbonyl (C=O) groups is 1. The Hall–Kier alpha value is -1.82. The number of amides is 1. The zero-order chi connectivity index (χ0) is 13.7. The summed E-state index contributed by atoms with van der Waals surface area (Å²) in [5.41, 5.74) is 1.96. The second kappa shape index (κ2) is 6.38. The molecular weight excluding hydrogens is 236 g/mol.